The van der Waals surface area contributed by atoms with E-state index in [1.54, 1.807) is 66.7 Å². The summed E-state index contributed by atoms with van der Waals surface area (Å²) in [5.41, 5.74) is 15.1. The zero-order valence-electron chi connectivity index (χ0n) is 16.6. The molecule has 1 heterocycles. The third-order valence-corrected chi connectivity index (χ3v) is 6.51. The van der Waals surface area contributed by atoms with Crippen LogP contribution in [0.15, 0.2) is 77.7 Å². The van der Waals surface area contributed by atoms with Gasteiger partial charge in [0.2, 0.25) is 10.0 Å². The van der Waals surface area contributed by atoms with Crippen LogP contribution < -0.4 is 21.9 Å². The van der Waals surface area contributed by atoms with E-state index in [1.165, 1.54) is 6.07 Å². The van der Waals surface area contributed by atoms with Gasteiger partial charge in [-0.3, -0.25) is 4.79 Å². The molecule has 8 nitrogen and oxygen atoms in total. The van der Waals surface area contributed by atoms with Crippen molar-refractivity contribution in [3.63, 3.8) is 0 Å². The molecule has 0 atom stereocenters. The van der Waals surface area contributed by atoms with Crippen LogP contribution in [0.1, 0.15) is 9.67 Å². The lowest BCUT2D eigenvalue weighted by atomic mass is 10.1. The number of nitrogens with one attached hydrogen (secondary N) is 1. The Kier molecular flexibility index (Phi) is 5.66. The number of primary sulfonamides is 1. The molecule has 0 aliphatic heterocycles. The van der Waals surface area contributed by atoms with Gasteiger partial charge in [-0.25, -0.2) is 18.5 Å². The number of rotatable bonds is 5. The second kappa shape index (κ2) is 8.42. The maximum absolute atomic E-state index is 12.9. The number of carbonyl (C=O) groups excluding carboxylic acids is 1. The van der Waals surface area contributed by atoms with Gasteiger partial charge in [0, 0.05) is 22.5 Å². The van der Waals surface area contributed by atoms with Gasteiger partial charge in [-0.1, -0.05) is 53.8 Å². The molecule has 0 saturated heterocycles. The minimum absolute atomic E-state index is 0.0312. The van der Waals surface area contributed by atoms with E-state index in [0.29, 0.717) is 38.6 Å². The number of benzene rings is 3. The molecule has 0 bridgehead atoms. The molecule has 7 N–H and O–H groups in total. The van der Waals surface area contributed by atoms with Crippen molar-refractivity contribution in [2.75, 3.05) is 16.8 Å². The number of aromatic nitrogens is 1. The molecule has 0 radical (unpaired) electrons. The van der Waals surface area contributed by atoms with Crippen molar-refractivity contribution in [3.8, 4) is 22.4 Å². The van der Waals surface area contributed by atoms with E-state index in [1.807, 2.05) is 0 Å². The lowest BCUT2D eigenvalue weighted by Gasteiger charge is -2.10. The fourth-order valence-electron chi connectivity index (χ4n) is 3.25. The third-order valence-electron chi connectivity index (χ3n) is 4.66. The Morgan fingerprint density at radius 3 is 2.31 bits per heavy atom. The molecule has 4 aromatic rings. The van der Waals surface area contributed by atoms with Crippen LogP contribution in [0, 0.1) is 0 Å². The number of nitrogen functional groups attached to an aromatic ring is 2. The highest BCUT2D eigenvalue weighted by molar-refractivity contribution is 7.89. The van der Waals surface area contributed by atoms with Crippen LogP contribution in [0.2, 0.25) is 0 Å². The van der Waals surface area contributed by atoms with Gasteiger partial charge in [-0.2, -0.15) is 0 Å². The van der Waals surface area contributed by atoms with Crippen molar-refractivity contribution >= 4 is 43.8 Å². The van der Waals surface area contributed by atoms with Crippen LogP contribution >= 0.6 is 11.3 Å². The van der Waals surface area contributed by atoms with Crippen LogP contribution in [-0.2, 0) is 10.0 Å². The maximum atomic E-state index is 12.9. The minimum atomic E-state index is -3.87. The molecular formula is C22H19N5O3S2. The van der Waals surface area contributed by atoms with Crippen molar-refractivity contribution in [2.24, 2.45) is 5.14 Å². The molecule has 0 unspecified atom stereocenters. The topological polar surface area (TPSA) is 154 Å². The Morgan fingerprint density at radius 2 is 1.62 bits per heavy atom. The van der Waals surface area contributed by atoms with Gasteiger partial charge in [0.05, 0.1) is 10.6 Å². The van der Waals surface area contributed by atoms with Gasteiger partial charge >= 0.3 is 0 Å². The van der Waals surface area contributed by atoms with Gasteiger partial charge in [0.15, 0.2) is 5.13 Å². The smallest absolute Gasteiger partial charge is 0.268 e. The summed E-state index contributed by atoms with van der Waals surface area (Å²) in [5.74, 6) is -0.366. The van der Waals surface area contributed by atoms with Crippen LogP contribution in [0.5, 0.6) is 0 Å². The van der Waals surface area contributed by atoms with E-state index < -0.39 is 10.0 Å². The second-order valence-electron chi connectivity index (χ2n) is 6.93. The van der Waals surface area contributed by atoms with Gasteiger partial charge in [0.1, 0.15) is 4.88 Å². The van der Waals surface area contributed by atoms with Crippen molar-refractivity contribution in [3.05, 3.63) is 77.7 Å². The lowest BCUT2D eigenvalue weighted by molar-refractivity contribution is 0.103. The fourth-order valence-corrected chi connectivity index (χ4v) is 4.76. The number of carbonyl (C=O) groups is 1. The van der Waals surface area contributed by atoms with Crippen LogP contribution in [0.4, 0.5) is 16.5 Å². The van der Waals surface area contributed by atoms with Crippen LogP contribution in [0.25, 0.3) is 22.4 Å². The van der Waals surface area contributed by atoms with E-state index in [-0.39, 0.29) is 15.9 Å². The predicted octanol–water partition coefficient (Wildman–Crippen LogP) is 3.54. The molecule has 4 rings (SSSR count). The van der Waals surface area contributed by atoms with Gasteiger partial charge in [0.25, 0.3) is 5.91 Å². The van der Waals surface area contributed by atoms with E-state index >= 15 is 0 Å². The summed E-state index contributed by atoms with van der Waals surface area (Å²) in [6.45, 7) is 0. The van der Waals surface area contributed by atoms with E-state index in [2.05, 4.69) is 10.3 Å². The number of thiazole rings is 1. The average Bonchev–Trinajstić information content (AvgIpc) is 3.16. The third kappa shape index (κ3) is 4.47. The Labute approximate surface area is 188 Å². The van der Waals surface area contributed by atoms with Gasteiger partial charge in [-0.15, -0.1) is 0 Å². The van der Waals surface area contributed by atoms with Crippen molar-refractivity contribution in [2.45, 2.75) is 4.90 Å². The number of nitrogens with zero attached hydrogens (tertiary/aromatic N) is 1. The minimum Gasteiger partial charge on any atom is -0.399 e. The van der Waals surface area contributed by atoms with Gasteiger partial charge < -0.3 is 16.8 Å². The number of hydrogen-bond acceptors (Lipinski definition) is 7. The Morgan fingerprint density at radius 1 is 0.906 bits per heavy atom. The quantitative estimate of drug-likeness (QED) is 0.331. The second-order valence-corrected chi connectivity index (χ2v) is 9.49. The monoisotopic (exact) mass is 465 g/mol. The molecule has 0 aliphatic rings. The van der Waals surface area contributed by atoms with Crippen LogP contribution in [0.3, 0.4) is 0 Å². The summed E-state index contributed by atoms with van der Waals surface area (Å²) in [6, 6.07) is 20.3. The fraction of sp³-hybridized carbons (Fsp3) is 0. The number of amides is 1. The predicted molar refractivity (Wildman–Crippen MR) is 128 cm³/mol. The zero-order chi connectivity index (χ0) is 22.9. The number of sulfonamides is 1. The molecule has 10 heteroatoms. The summed E-state index contributed by atoms with van der Waals surface area (Å²) in [6.07, 6.45) is 0. The molecule has 162 valence electrons. The first kappa shape index (κ1) is 21.5. The summed E-state index contributed by atoms with van der Waals surface area (Å²) in [7, 11) is -3.87. The van der Waals surface area contributed by atoms with E-state index in [9.17, 15) is 13.2 Å². The molecule has 0 spiro atoms. The highest BCUT2D eigenvalue weighted by atomic mass is 32.2. The standard InChI is InChI=1S/C22H19N5O3S2/c23-15-5-3-4-14(12-15)19-20(31-22(24)27-19)21(28)26-16-10-8-13(9-11-16)17-6-1-2-7-18(17)32(25,29)30/h1-12H,23H2,(H2,24,27)(H,26,28)(H2,25,29,30). The number of anilines is 3. The highest BCUT2D eigenvalue weighted by Crippen LogP contribution is 2.32. The summed E-state index contributed by atoms with van der Waals surface area (Å²) in [4.78, 5) is 17.6. The molecule has 0 fully saturated rings. The Bertz CT molecular complexity index is 1410. The molecule has 0 saturated carbocycles. The Balaban J connectivity index is 1.61. The van der Waals surface area contributed by atoms with Crippen molar-refractivity contribution in [1.29, 1.82) is 0 Å². The number of hydrogen-bond donors (Lipinski definition) is 4. The molecule has 0 aliphatic carbocycles. The first-order valence-electron chi connectivity index (χ1n) is 9.38. The SMILES string of the molecule is Nc1cccc(-c2nc(N)sc2C(=O)Nc2ccc(-c3ccccc3S(N)(=O)=O)cc2)c1. The first-order chi connectivity index (χ1) is 15.2. The largest absolute Gasteiger partial charge is 0.399 e. The summed E-state index contributed by atoms with van der Waals surface area (Å²) in [5, 5.41) is 8.41. The molecule has 32 heavy (non-hydrogen) atoms. The van der Waals surface area contributed by atoms with Gasteiger partial charge in [-0.05, 0) is 35.9 Å². The zero-order valence-corrected chi connectivity index (χ0v) is 18.3. The first-order valence-corrected chi connectivity index (χ1v) is 11.7. The highest BCUT2D eigenvalue weighted by Gasteiger charge is 2.19. The van der Waals surface area contributed by atoms with E-state index in [0.717, 1.165) is 11.3 Å². The lowest BCUT2D eigenvalue weighted by Crippen LogP contribution is -2.13. The van der Waals surface area contributed by atoms with E-state index in [4.69, 9.17) is 16.6 Å². The molecule has 3 aromatic carbocycles. The molecular weight excluding hydrogens is 446 g/mol. The molecule has 1 aromatic heterocycles. The Hall–Kier alpha value is -3.73. The van der Waals surface area contributed by atoms with Crippen molar-refractivity contribution < 1.29 is 13.2 Å². The van der Waals surface area contributed by atoms with Crippen LogP contribution in [-0.4, -0.2) is 19.3 Å². The normalized spacial score (nSPS) is 11.3. The van der Waals surface area contributed by atoms with Crippen molar-refractivity contribution in [1.82, 2.24) is 4.98 Å². The maximum Gasteiger partial charge on any atom is 0.268 e. The summed E-state index contributed by atoms with van der Waals surface area (Å²) >= 11 is 1.08. The number of nitrogens with two attached hydrogens (primary N) is 3. The average molecular weight is 466 g/mol. The summed E-state index contributed by atoms with van der Waals surface area (Å²) < 4.78 is 23.7. The molecule has 1 amide bonds.